The van der Waals surface area contributed by atoms with E-state index in [1.54, 1.807) is 0 Å². The van der Waals surface area contributed by atoms with E-state index in [1.807, 2.05) is 0 Å². The Morgan fingerprint density at radius 1 is 0.400 bits per heavy atom. The van der Waals surface area contributed by atoms with Crippen molar-refractivity contribution < 1.29 is 0 Å². The minimum absolute atomic E-state index is 0.132. The van der Waals surface area contributed by atoms with E-state index in [0.717, 1.165) is 11.4 Å². The molecule has 10 aromatic rings. The molecule has 2 aliphatic rings. The zero-order chi connectivity index (χ0) is 40.3. The van der Waals surface area contributed by atoms with Crippen LogP contribution >= 0.6 is 0 Å². The third kappa shape index (κ3) is 4.82. The molecule has 0 radical (unpaired) electrons. The first-order chi connectivity index (χ1) is 29.3. The molecule has 286 valence electrons. The number of para-hydroxylation sites is 2. The third-order valence-corrected chi connectivity index (χ3v) is 13.7. The smallest absolute Gasteiger partial charge is 0.0543 e. The summed E-state index contributed by atoms with van der Waals surface area (Å²) in [5.74, 6) is 0. The molecule has 0 amide bonds. The molecule has 0 spiro atoms. The number of aromatic nitrogens is 1. The SMILES string of the molecule is CC1(C)c2ccccc2-c2c(N(c3ccc4c(-c5ccccc5)cc(-n5c6ccccc6c6ccccc65)cc4c3)c3cccc4c3C(C)(C)c3ccccc3-4)cccc21. The number of hydrogen-bond donors (Lipinski definition) is 0. The Morgan fingerprint density at radius 3 is 1.73 bits per heavy atom. The molecule has 0 saturated heterocycles. The summed E-state index contributed by atoms with van der Waals surface area (Å²) in [6.45, 7) is 9.56. The van der Waals surface area contributed by atoms with Crippen molar-refractivity contribution in [3.63, 3.8) is 0 Å². The minimum atomic E-state index is -0.211. The molecule has 1 heterocycles. The Morgan fingerprint density at radius 2 is 0.983 bits per heavy atom. The van der Waals surface area contributed by atoms with Gasteiger partial charge in [0.15, 0.2) is 0 Å². The molecular formula is C58H44N2. The Labute approximate surface area is 351 Å². The van der Waals surface area contributed by atoms with E-state index < -0.39 is 0 Å². The van der Waals surface area contributed by atoms with Crippen LogP contribution < -0.4 is 4.90 Å². The summed E-state index contributed by atoms with van der Waals surface area (Å²) >= 11 is 0. The van der Waals surface area contributed by atoms with Gasteiger partial charge in [0, 0.05) is 38.5 Å². The van der Waals surface area contributed by atoms with Gasteiger partial charge in [0.05, 0.1) is 22.4 Å². The lowest BCUT2D eigenvalue weighted by Gasteiger charge is -2.34. The van der Waals surface area contributed by atoms with E-state index in [2.05, 4.69) is 231 Å². The molecule has 2 heteroatoms. The molecule has 0 bridgehead atoms. The molecule has 0 N–H and O–H groups in total. The predicted octanol–water partition coefficient (Wildman–Crippen LogP) is 15.7. The van der Waals surface area contributed by atoms with E-state index in [4.69, 9.17) is 0 Å². The van der Waals surface area contributed by atoms with Crippen LogP contribution in [0.1, 0.15) is 49.9 Å². The Balaban J connectivity index is 1.17. The molecule has 0 saturated carbocycles. The molecule has 2 aliphatic carbocycles. The normalized spacial score (nSPS) is 14.3. The summed E-state index contributed by atoms with van der Waals surface area (Å²) in [7, 11) is 0. The lowest BCUT2D eigenvalue weighted by molar-refractivity contribution is 0.659. The molecule has 1 aromatic heterocycles. The van der Waals surface area contributed by atoms with Crippen LogP contribution in [0.4, 0.5) is 17.1 Å². The standard InChI is InChI=1S/C58H44N2/c1-57(2)49-26-13-9-23-46(49)55-50(57)27-17-30-53(55)59(54-31-16-24-45-42-20-8-12-25-48(42)58(3,4)56(45)54)39-32-33-41-38(34-39)35-40(36-47(41)37-18-6-5-7-19-37)60-51-28-14-10-21-43(51)44-22-11-15-29-52(44)60/h5-36H,1-4H3. The van der Waals surface area contributed by atoms with Crippen molar-refractivity contribution in [3.05, 3.63) is 216 Å². The van der Waals surface area contributed by atoms with Crippen molar-refractivity contribution >= 4 is 49.6 Å². The minimum Gasteiger partial charge on any atom is -0.310 e. The van der Waals surface area contributed by atoms with E-state index in [-0.39, 0.29) is 10.8 Å². The zero-order valence-corrected chi connectivity index (χ0v) is 34.4. The molecular weight excluding hydrogens is 725 g/mol. The first-order valence-corrected chi connectivity index (χ1v) is 21.2. The van der Waals surface area contributed by atoms with E-state index >= 15 is 0 Å². The Kier molecular flexibility index (Phi) is 7.36. The van der Waals surface area contributed by atoms with Crippen LogP contribution in [-0.2, 0) is 10.8 Å². The molecule has 0 atom stereocenters. The summed E-state index contributed by atoms with van der Waals surface area (Å²) in [4.78, 5) is 2.58. The molecule has 0 unspecified atom stereocenters. The van der Waals surface area contributed by atoms with Gasteiger partial charge in [0.25, 0.3) is 0 Å². The Bertz CT molecular complexity index is 3330. The molecule has 2 nitrogen and oxygen atoms in total. The van der Waals surface area contributed by atoms with Gasteiger partial charge in [-0.3, -0.25) is 0 Å². The zero-order valence-electron chi connectivity index (χ0n) is 34.4. The number of anilines is 3. The van der Waals surface area contributed by atoms with Crippen molar-refractivity contribution in [3.8, 4) is 39.1 Å². The van der Waals surface area contributed by atoms with Crippen LogP contribution in [0.15, 0.2) is 194 Å². The van der Waals surface area contributed by atoms with Gasteiger partial charge in [-0.15, -0.1) is 0 Å². The highest BCUT2D eigenvalue weighted by Gasteiger charge is 2.41. The monoisotopic (exact) mass is 768 g/mol. The maximum atomic E-state index is 2.58. The largest absolute Gasteiger partial charge is 0.310 e. The maximum Gasteiger partial charge on any atom is 0.0543 e. The van der Waals surface area contributed by atoms with Crippen molar-refractivity contribution in [1.82, 2.24) is 4.57 Å². The van der Waals surface area contributed by atoms with Gasteiger partial charge in [0.2, 0.25) is 0 Å². The summed E-state index contributed by atoms with van der Waals surface area (Å²) in [6, 6.07) is 72.4. The van der Waals surface area contributed by atoms with E-state index in [1.165, 1.54) is 99.6 Å². The van der Waals surface area contributed by atoms with E-state index in [0.29, 0.717) is 0 Å². The predicted molar refractivity (Wildman–Crippen MR) is 254 cm³/mol. The molecule has 60 heavy (non-hydrogen) atoms. The van der Waals surface area contributed by atoms with Gasteiger partial charge >= 0.3 is 0 Å². The van der Waals surface area contributed by atoms with Crippen LogP contribution in [-0.4, -0.2) is 4.57 Å². The highest BCUT2D eigenvalue weighted by atomic mass is 15.2. The number of fused-ring (bicyclic) bond motifs is 10. The number of nitrogens with zero attached hydrogens (tertiary/aromatic N) is 2. The fourth-order valence-electron chi connectivity index (χ4n) is 11.0. The van der Waals surface area contributed by atoms with Gasteiger partial charge in [-0.1, -0.05) is 173 Å². The van der Waals surface area contributed by atoms with Crippen LogP contribution in [0.2, 0.25) is 0 Å². The van der Waals surface area contributed by atoms with Crippen LogP contribution in [0.5, 0.6) is 0 Å². The first-order valence-electron chi connectivity index (χ1n) is 21.2. The highest BCUT2D eigenvalue weighted by molar-refractivity contribution is 6.10. The fourth-order valence-corrected chi connectivity index (χ4v) is 11.0. The molecule has 0 fully saturated rings. The first kappa shape index (κ1) is 34.8. The van der Waals surface area contributed by atoms with Crippen LogP contribution in [0.25, 0.3) is 71.6 Å². The van der Waals surface area contributed by atoms with Gasteiger partial charge in [0.1, 0.15) is 0 Å². The summed E-state index contributed by atoms with van der Waals surface area (Å²) in [6.07, 6.45) is 0. The molecule has 12 rings (SSSR count). The van der Waals surface area contributed by atoms with Gasteiger partial charge < -0.3 is 9.47 Å². The molecule has 9 aromatic carbocycles. The lowest BCUT2D eigenvalue weighted by Crippen LogP contribution is -2.21. The second kappa shape index (κ2) is 12.7. The Hall–Kier alpha value is -7.16. The number of rotatable bonds is 5. The van der Waals surface area contributed by atoms with Crippen LogP contribution in [0, 0.1) is 0 Å². The summed E-state index contributed by atoms with van der Waals surface area (Å²) in [5.41, 5.74) is 19.9. The quantitative estimate of drug-likeness (QED) is 0.169. The maximum absolute atomic E-state index is 2.58. The fraction of sp³-hybridized carbons (Fsp3) is 0.103. The second-order valence-corrected chi connectivity index (χ2v) is 17.7. The summed E-state index contributed by atoms with van der Waals surface area (Å²) < 4.78 is 2.45. The average molecular weight is 769 g/mol. The van der Waals surface area contributed by atoms with E-state index in [9.17, 15) is 0 Å². The van der Waals surface area contributed by atoms with Crippen molar-refractivity contribution in [2.24, 2.45) is 0 Å². The molecule has 0 aliphatic heterocycles. The second-order valence-electron chi connectivity index (χ2n) is 17.7. The number of hydrogen-bond acceptors (Lipinski definition) is 1. The van der Waals surface area contributed by atoms with Gasteiger partial charge in [-0.05, 0) is 109 Å². The third-order valence-electron chi connectivity index (χ3n) is 13.7. The number of benzene rings is 9. The van der Waals surface area contributed by atoms with Gasteiger partial charge in [-0.2, -0.15) is 0 Å². The highest BCUT2D eigenvalue weighted by Crippen LogP contribution is 2.58. The average Bonchev–Trinajstić information content (AvgIpc) is 3.84. The van der Waals surface area contributed by atoms with Gasteiger partial charge in [-0.25, -0.2) is 0 Å². The topological polar surface area (TPSA) is 8.17 Å². The van der Waals surface area contributed by atoms with Crippen molar-refractivity contribution in [2.75, 3.05) is 4.90 Å². The summed E-state index contributed by atoms with van der Waals surface area (Å²) in [5, 5.41) is 4.94. The lowest BCUT2D eigenvalue weighted by atomic mass is 9.81. The van der Waals surface area contributed by atoms with Crippen LogP contribution in [0.3, 0.4) is 0 Å². The van der Waals surface area contributed by atoms with Crippen molar-refractivity contribution in [2.45, 2.75) is 38.5 Å². The van der Waals surface area contributed by atoms with Crippen molar-refractivity contribution in [1.29, 1.82) is 0 Å².